The summed E-state index contributed by atoms with van der Waals surface area (Å²) in [6.07, 6.45) is 7.76. The molecule has 7 rings (SSSR count). The average molecular weight is 840 g/mol. The first-order valence-corrected chi connectivity index (χ1v) is 21.0. The van der Waals surface area contributed by atoms with Crippen molar-refractivity contribution in [1.29, 1.82) is 0 Å². The molecule has 2 N–H and O–H groups in total. The number of anilines is 2. The van der Waals surface area contributed by atoms with Crippen molar-refractivity contribution in [2.45, 2.75) is 63.3 Å². The van der Waals surface area contributed by atoms with E-state index in [0.29, 0.717) is 54.0 Å². The number of halogens is 2. The van der Waals surface area contributed by atoms with Gasteiger partial charge >= 0.3 is 0 Å². The minimum Gasteiger partial charge on any atom is -0.496 e. The van der Waals surface area contributed by atoms with E-state index >= 15 is 0 Å². The summed E-state index contributed by atoms with van der Waals surface area (Å²) in [7, 11) is -1.64. The van der Waals surface area contributed by atoms with Crippen LogP contribution in [0.1, 0.15) is 69.6 Å². The van der Waals surface area contributed by atoms with Crippen LogP contribution in [0.2, 0.25) is 0 Å². The number of unbranched alkanes of at least 4 members (excludes halogenated alkanes) is 1. The van der Waals surface area contributed by atoms with Crippen LogP contribution in [0.5, 0.6) is 5.75 Å². The molecule has 16 nitrogen and oxygen atoms in total. The highest BCUT2D eigenvalue weighted by atomic mass is 32.2. The van der Waals surface area contributed by atoms with Gasteiger partial charge in [-0.15, -0.1) is 5.10 Å². The van der Waals surface area contributed by atoms with Gasteiger partial charge in [0.15, 0.2) is 0 Å². The Balaban J connectivity index is 0.892. The highest BCUT2D eigenvalue weighted by Crippen LogP contribution is 2.34. The van der Waals surface area contributed by atoms with E-state index in [2.05, 4.69) is 35.3 Å². The van der Waals surface area contributed by atoms with Gasteiger partial charge in [-0.2, -0.15) is 4.36 Å². The molecule has 2 aliphatic rings. The van der Waals surface area contributed by atoms with E-state index in [0.717, 1.165) is 17.2 Å². The van der Waals surface area contributed by atoms with Crippen molar-refractivity contribution in [3.05, 3.63) is 113 Å². The summed E-state index contributed by atoms with van der Waals surface area (Å²) in [6, 6.07) is 12.5. The number of nitrogens with zero attached hydrogens (tertiary/aromatic N) is 7. The lowest BCUT2D eigenvalue weighted by Crippen LogP contribution is -2.54. The van der Waals surface area contributed by atoms with Gasteiger partial charge in [0.05, 0.1) is 45.6 Å². The zero-order valence-electron chi connectivity index (χ0n) is 32.5. The van der Waals surface area contributed by atoms with Crippen LogP contribution in [0.25, 0.3) is 11.1 Å². The molecule has 2 aliphatic heterocycles. The van der Waals surface area contributed by atoms with E-state index in [4.69, 9.17) is 4.74 Å². The summed E-state index contributed by atoms with van der Waals surface area (Å²) >= 11 is 0. The van der Waals surface area contributed by atoms with Crippen LogP contribution in [0.3, 0.4) is 0 Å². The molecule has 1 fully saturated rings. The molecule has 310 valence electrons. The molecule has 0 saturated carbocycles. The van der Waals surface area contributed by atoms with Crippen molar-refractivity contribution in [3.8, 4) is 16.9 Å². The van der Waals surface area contributed by atoms with Crippen LogP contribution in [-0.2, 0) is 49.3 Å². The van der Waals surface area contributed by atoms with E-state index < -0.39 is 56.9 Å². The number of piperidine rings is 1. The van der Waals surface area contributed by atoms with Crippen molar-refractivity contribution in [3.63, 3.8) is 0 Å². The predicted molar refractivity (Wildman–Crippen MR) is 213 cm³/mol. The molecular formula is C41H39F2N9O7S. The number of carbonyl (C=O) groups excluding carboxylic acids is 5. The quantitative estimate of drug-likeness (QED) is 0.106. The lowest BCUT2D eigenvalue weighted by Gasteiger charge is -2.27. The van der Waals surface area contributed by atoms with E-state index in [1.165, 1.54) is 37.8 Å². The van der Waals surface area contributed by atoms with E-state index in [-0.39, 0.29) is 59.7 Å². The Bertz CT molecular complexity index is 2660. The Morgan fingerprint density at radius 1 is 0.983 bits per heavy atom. The SMILES string of the molecule is COc1cc(F)ccc1-c1cc(Nc2cc(CS(C)(=O)=NC(=O)CCc3cn(CCCCc4cccc5c4C(=O)N(C4CCC(=O)NC4=O)C5=O)nn3)ccn2)ncc1F. The minimum atomic E-state index is -3.00. The lowest BCUT2D eigenvalue weighted by molar-refractivity contribution is -0.136. The molecule has 2 aromatic carbocycles. The number of fused-ring (bicyclic) bond motifs is 1. The molecule has 0 bridgehead atoms. The maximum atomic E-state index is 14.8. The van der Waals surface area contributed by atoms with Gasteiger partial charge < -0.3 is 10.1 Å². The van der Waals surface area contributed by atoms with Crippen LogP contribution < -0.4 is 15.4 Å². The van der Waals surface area contributed by atoms with E-state index in [1.54, 1.807) is 41.2 Å². The van der Waals surface area contributed by atoms with Gasteiger partial charge in [-0.25, -0.2) is 23.0 Å². The van der Waals surface area contributed by atoms with Crippen molar-refractivity contribution in [2.75, 3.05) is 18.7 Å². The third kappa shape index (κ3) is 9.41. The molecule has 19 heteroatoms. The fourth-order valence-electron chi connectivity index (χ4n) is 7.15. The first kappa shape index (κ1) is 41.4. The highest BCUT2D eigenvalue weighted by molar-refractivity contribution is 7.92. The van der Waals surface area contributed by atoms with Gasteiger partial charge in [-0.3, -0.25) is 38.9 Å². The normalized spacial score (nSPS) is 16.0. The Kier molecular flexibility index (Phi) is 12.2. The second-order valence-corrected chi connectivity index (χ2v) is 16.8. The number of nitrogens with one attached hydrogen (secondary N) is 2. The van der Waals surface area contributed by atoms with Gasteiger partial charge in [0.25, 0.3) is 17.7 Å². The third-order valence-corrected chi connectivity index (χ3v) is 11.4. The number of ether oxygens (including phenoxy) is 1. The number of pyridine rings is 2. The number of hydrogen-bond donors (Lipinski definition) is 2. The summed E-state index contributed by atoms with van der Waals surface area (Å²) < 4.78 is 52.8. The third-order valence-electron chi connectivity index (χ3n) is 9.94. The number of rotatable bonds is 15. The monoisotopic (exact) mass is 839 g/mol. The number of carbonyl (C=O) groups is 5. The van der Waals surface area contributed by atoms with Gasteiger partial charge in [-0.05, 0) is 73.2 Å². The first-order chi connectivity index (χ1) is 28.8. The van der Waals surface area contributed by atoms with Crippen molar-refractivity contribution in [2.24, 2.45) is 4.36 Å². The number of benzene rings is 2. The minimum absolute atomic E-state index is 0.0359. The summed E-state index contributed by atoms with van der Waals surface area (Å²) in [5.41, 5.74) is 2.80. The maximum absolute atomic E-state index is 14.8. The van der Waals surface area contributed by atoms with Crippen molar-refractivity contribution >= 4 is 50.9 Å². The molecule has 0 spiro atoms. The number of hydrogen-bond acceptors (Lipinski definition) is 12. The zero-order valence-corrected chi connectivity index (χ0v) is 33.3. The Hall–Kier alpha value is -6.76. The molecule has 2 unspecified atom stereocenters. The molecule has 0 radical (unpaired) electrons. The number of amides is 5. The smallest absolute Gasteiger partial charge is 0.262 e. The van der Waals surface area contributed by atoms with Gasteiger partial charge in [0.2, 0.25) is 11.8 Å². The van der Waals surface area contributed by atoms with Crippen LogP contribution in [0, 0.1) is 11.6 Å². The summed E-state index contributed by atoms with van der Waals surface area (Å²) in [6.45, 7) is 0.503. The topological polar surface area (TPSA) is 208 Å². The van der Waals surface area contributed by atoms with Crippen molar-refractivity contribution < 1.29 is 41.7 Å². The zero-order chi connectivity index (χ0) is 42.6. The van der Waals surface area contributed by atoms with Crippen LogP contribution in [0.4, 0.5) is 20.4 Å². The number of aryl methyl sites for hydroxylation is 3. The Morgan fingerprint density at radius 2 is 1.80 bits per heavy atom. The van der Waals surface area contributed by atoms with Crippen LogP contribution in [-0.4, -0.2) is 83.0 Å². The van der Waals surface area contributed by atoms with Crippen molar-refractivity contribution in [1.82, 2.24) is 35.2 Å². The van der Waals surface area contributed by atoms with Crippen LogP contribution in [0.15, 0.2) is 77.6 Å². The van der Waals surface area contributed by atoms with Gasteiger partial charge in [-0.1, -0.05) is 17.3 Å². The lowest BCUT2D eigenvalue weighted by atomic mass is 9.98. The van der Waals surface area contributed by atoms with E-state index in [1.807, 2.05) is 0 Å². The molecule has 5 heterocycles. The summed E-state index contributed by atoms with van der Waals surface area (Å²) in [5, 5.41) is 13.5. The first-order valence-electron chi connectivity index (χ1n) is 18.9. The second-order valence-electron chi connectivity index (χ2n) is 14.4. The fraction of sp³-hybridized carbons (Fsp3) is 0.293. The fourth-order valence-corrected chi connectivity index (χ4v) is 8.53. The molecule has 0 aliphatic carbocycles. The van der Waals surface area contributed by atoms with Crippen LogP contribution >= 0.6 is 0 Å². The molecule has 3 aromatic heterocycles. The highest BCUT2D eigenvalue weighted by Gasteiger charge is 2.45. The standard InChI is InChI=1S/C41H39F2N9O7S/c1-59-33-19-26(42)9-11-28(33)30-20-35(45-21-31(30)43)46-34-18-24(15-16-44-34)23-60(2,58)49-37(54)13-10-27-22-51(50-48-27)17-4-3-6-25-7-5-8-29-38(25)41(57)52(40(29)56)32-12-14-36(53)47-39(32)55/h5,7-9,11,15-16,18-22,32H,3-4,6,10,12-14,17,23H2,1-2H3,(H,44,45,46)(H,47,53,55). The number of imide groups is 2. The van der Waals surface area contributed by atoms with E-state index in [9.17, 15) is 37.0 Å². The van der Waals surface area contributed by atoms with Gasteiger partial charge in [0.1, 0.15) is 35.1 Å². The predicted octanol–water partition coefficient (Wildman–Crippen LogP) is 4.95. The molecule has 5 amide bonds. The molecule has 5 aromatic rings. The Labute approximate surface area is 342 Å². The largest absolute Gasteiger partial charge is 0.496 e. The second kappa shape index (κ2) is 17.6. The average Bonchev–Trinajstić information content (AvgIpc) is 3.77. The molecule has 1 saturated heterocycles. The number of aromatic nitrogens is 5. The molecule has 60 heavy (non-hydrogen) atoms. The summed E-state index contributed by atoms with van der Waals surface area (Å²) in [5.74, 6) is -3.24. The maximum Gasteiger partial charge on any atom is 0.262 e. The summed E-state index contributed by atoms with van der Waals surface area (Å²) in [4.78, 5) is 72.6. The van der Waals surface area contributed by atoms with Gasteiger partial charge in [0, 0.05) is 61.6 Å². The molecular weight excluding hydrogens is 801 g/mol. The number of methoxy groups -OCH3 is 1. The Morgan fingerprint density at radius 3 is 2.60 bits per heavy atom. The molecule has 2 atom stereocenters.